The van der Waals surface area contributed by atoms with Gasteiger partial charge in [-0.2, -0.15) is 0 Å². The molecule has 0 fully saturated rings. The van der Waals surface area contributed by atoms with Gasteiger partial charge in [-0.05, 0) is 43.3 Å². The lowest BCUT2D eigenvalue weighted by Gasteiger charge is -2.15. The lowest BCUT2D eigenvalue weighted by molar-refractivity contribution is 0.0527. The highest BCUT2D eigenvalue weighted by molar-refractivity contribution is 6.45. The molecule has 128 valence electrons. The van der Waals surface area contributed by atoms with Crippen LogP contribution in [-0.4, -0.2) is 22.7 Å². The normalized spacial score (nSPS) is 10.7. The van der Waals surface area contributed by atoms with E-state index in [1.807, 2.05) is 0 Å². The van der Waals surface area contributed by atoms with Gasteiger partial charge < -0.3 is 15.2 Å². The van der Waals surface area contributed by atoms with Crippen LogP contribution in [0.15, 0.2) is 42.6 Å². The van der Waals surface area contributed by atoms with Gasteiger partial charge in [-0.25, -0.2) is 4.79 Å². The lowest BCUT2D eigenvalue weighted by atomic mass is 10.1. The number of hydrogen-bond donors (Lipinski definition) is 2. The second-order valence-electron chi connectivity index (χ2n) is 5.20. The van der Waals surface area contributed by atoms with E-state index in [0.29, 0.717) is 32.3 Å². The van der Waals surface area contributed by atoms with Crippen LogP contribution in [0.1, 0.15) is 17.3 Å². The molecule has 2 aromatic carbocycles. The zero-order valence-electron chi connectivity index (χ0n) is 13.2. The summed E-state index contributed by atoms with van der Waals surface area (Å²) in [7, 11) is 0. The minimum absolute atomic E-state index is 0.144. The number of carbonyl (C=O) groups excluding carboxylic acids is 1. The van der Waals surface area contributed by atoms with Crippen molar-refractivity contribution in [3.05, 3.63) is 58.2 Å². The monoisotopic (exact) mass is 376 g/mol. The molecule has 0 spiro atoms. The highest BCUT2D eigenvalue weighted by Crippen LogP contribution is 2.36. The summed E-state index contributed by atoms with van der Waals surface area (Å²) >= 11 is 12.3. The van der Waals surface area contributed by atoms with Crippen LogP contribution < -0.4 is 5.32 Å². The highest BCUT2D eigenvalue weighted by Gasteiger charge is 2.19. The first-order valence-electron chi connectivity index (χ1n) is 7.51. The summed E-state index contributed by atoms with van der Waals surface area (Å²) in [6.45, 7) is 1.98. The molecule has 25 heavy (non-hydrogen) atoms. The van der Waals surface area contributed by atoms with Crippen LogP contribution in [0.2, 0.25) is 10.0 Å². The molecule has 0 aliphatic carbocycles. The Labute approximate surface area is 154 Å². The third-order valence-corrected chi connectivity index (χ3v) is 4.36. The van der Waals surface area contributed by atoms with E-state index in [0.717, 1.165) is 0 Å². The number of benzene rings is 2. The Balaban J connectivity index is 2.19. The highest BCUT2D eigenvalue weighted by atomic mass is 35.5. The summed E-state index contributed by atoms with van der Waals surface area (Å²) in [4.78, 5) is 16.6. The average molecular weight is 377 g/mol. The summed E-state index contributed by atoms with van der Waals surface area (Å²) in [6, 6.07) is 9.84. The van der Waals surface area contributed by atoms with Crippen molar-refractivity contribution in [2.75, 3.05) is 11.9 Å². The van der Waals surface area contributed by atoms with Gasteiger partial charge >= 0.3 is 5.97 Å². The average Bonchev–Trinajstić information content (AvgIpc) is 2.60. The topological polar surface area (TPSA) is 71.5 Å². The lowest BCUT2D eigenvalue weighted by Crippen LogP contribution is -2.09. The third kappa shape index (κ3) is 3.48. The molecule has 0 saturated heterocycles. The van der Waals surface area contributed by atoms with Gasteiger partial charge in [-0.15, -0.1) is 0 Å². The third-order valence-electron chi connectivity index (χ3n) is 3.56. The standard InChI is InChI=1S/C18H14Cl2N2O3/c1-2-25-18(24)13-9-21-17-12(7-8-14(19)15(17)20)16(13)22-10-3-5-11(23)6-4-10/h3-9,23H,2H2,1H3,(H,21,22). The summed E-state index contributed by atoms with van der Waals surface area (Å²) in [5, 5.41) is 13.9. The molecule has 5 nitrogen and oxygen atoms in total. The summed E-state index contributed by atoms with van der Waals surface area (Å²) in [5.74, 6) is -0.352. The minimum atomic E-state index is -0.496. The predicted molar refractivity (Wildman–Crippen MR) is 99.1 cm³/mol. The van der Waals surface area contributed by atoms with E-state index >= 15 is 0 Å². The first kappa shape index (κ1) is 17.3. The number of nitrogens with one attached hydrogen (secondary N) is 1. The molecule has 0 amide bonds. The van der Waals surface area contributed by atoms with Crippen molar-refractivity contribution in [3.8, 4) is 5.75 Å². The smallest absolute Gasteiger partial charge is 0.341 e. The van der Waals surface area contributed by atoms with Crippen LogP contribution >= 0.6 is 23.2 Å². The molecule has 7 heteroatoms. The Morgan fingerprint density at radius 3 is 2.60 bits per heavy atom. The van der Waals surface area contributed by atoms with E-state index in [1.54, 1.807) is 43.3 Å². The van der Waals surface area contributed by atoms with Crippen LogP contribution in [0.3, 0.4) is 0 Å². The number of rotatable bonds is 4. The largest absolute Gasteiger partial charge is 0.508 e. The van der Waals surface area contributed by atoms with Gasteiger partial charge in [0.15, 0.2) is 0 Å². The Bertz CT molecular complexity index is 943. The second kappa shape index (κ2) is 7.17. The number of ether oxygens (including phenoxy) is 1. The number of hydrogen-bond acceptors (Lipinski definition) is 5. The zero-order chi connectivity index (χ0) is 18.0. The quantitative estimate of drug-likeness (QED) is 0.485. The van der Waals surface area contributed by atoms with E-state index in [-0.39, 0.29) is 17.9 Å². The Morgan fingerprint density at radius 1 is 1.20 bits per heavy atom. The maximum atomic E-state index is 12.3. The van der Waals surface area contributed by atoms with Crippen molar-refractivity contribution >= 4 is 51.4 Å². The molecule has 0 aliphatic rings. The molecule has 0 radical (unpaired) electrons. The molecule has 2 N–H and O–H groups in total. The molecule has 0 unspecified atom stereocenters. The molecule has 0 saturated carbocycles. The molecule has 3 aromatic rings. The van der Waals surface area contributed by atoms with Crippen LogP contribution in [0.25, 0.3) is 10.9 Å². The van der Waals surface area contributed by atoms with Gasteiger partial charge in [0.2, 0.25) is 0 Å². The molecule has 0 atom stereocenters. The molecule has 3 rings (SSSR count). The van der Waals surface area contributed by atoms with E-state index in [2.05, 4.69) is 10.3 Å². The fourth-order valence-corrected chi connectivity index (χ4v) is 2.76. The van der Waals surface area contributed by atoms with Crippen molar-refractivity contribution < 1.29 is 14.6 Å². The zero-order valence-corrected chi connectivity index (χ0v) is 14.7. The van der Waals surface area contributed by atoms with Crippen molar-refractivity contribution in [1.29, 1.82) is 0 Å². The number of carbonyl (C=O) groups is 1. The van der Waals surface area contributed by atoms with Crippen molar-refractivity contribution in [2.45, 2.75) is 6.92 Å². The molecule has 1 aromatic heterocycles. The van der Waals surface area contributed by atoms with Crippen molar-refractivity contribution in [1.82, 2.24) is 4.98 Å². The van der Waals surface area contributed by atoms with Gasteiger partial charge in [0.1, 0.15) is 11.3 Å². The van der Waals surface area contributed by atoms with Gasteiger partial charge in [-0.3, -0.25) is 4.98 Å². The van der Waals surface area contributed by atoms with E-state index in [1.165, 1.54) is 6.20 Å². The van der Waals surface area contributed by atoms with Gasteiger partial charge in [0, 0.05) is 17.3 Å². The predicted octanol–water partition coefficient (Wildman–Crippen LogP) is 5.17. The fourth-order valence-electron chi connectivity index (χ4n) is 2.39. The molecular formula is C18H14Cl2N2O3. The number of nitrogens with zero attached hydrogens (tertiary/aromatic N) is 1. The van der Waals surface area contributed by atoms with Gasteiger partial charge in [0.25, 0.3) is 0 Å². The second-order valence-corrected chi connectivity index (χ2v) is 5.98. The van der Waals surface area contributed by atoms with Crippen LogP contribution in [0.5, 0.6) is 5.75 Å². The minimum Gasteiger partial charge on any atom is -0.508 e. The van der Waals surface area contributed by atoms with Crippen LogP contribution in [0.4, 0.5) is 11.4 Å². The van der Waals surface area contributed by atoms with Crippen LogP contribution in [0, 0.1) is 0 Å². The number of fused-ring (bicyclic) bond motifs is 1. The Kier molecular flexibility index (Phi) is 4.97. The number of esters is 1. The van der Waals surface area contributed by atoms with Gasteiger partial charge in [-0.1, -0.05) is 23.2 Å². The van der Waals surface area contributed by atoms with E-state index < -0.39 is 5.97 Å². The molecule has 0 aliphatic heterocycles. The summed E-state index contributed by atoms with van der Waals surface area (Å²) in [5.41, 5.74) is 1.94. The molecular weight excluding hydrogens is 363 g/mol. The van der Waals surface area contributed by atoms with Gasteiger partial charge in [0.05, 0.1) is 27.9 Å². The summed E-state index contributed by atoms with van der Waals surface area (Å²) in [6.07, 6.45) is 1.41. The van der Waals surface area contributed by atoms with Crippen LogP contribution in [-0.2, 0) is 4.74 Å². The van der Waals surface area contributed by atoms with E-state index in [9.17, 15) is 9.90 Å². The maximum Gasteiger partial charge on any atom is 0.341 e. The Morgan fingerprint density at radius 2 is 1.92 bits per heavy atom. The fraction of sp³-hybridized carbons (Fsp3) is 0.111. The number of phenolic OH excluding ortho intramolecular Hbond substituents is 1. The number of pyridine rings is 1. The number of phenols is 1. The van der Waals surface area contributed by atoms with Crippen molar-refractivity contribution in [2.24, 2.45) is 0 Å². The SMILES string of the molecule is CCOC(=O)c1cnc2c(Cl)c(Cl)ccc2c1Nc1ccc(O)cc1. The number of halogens is 2. The Hall–Kier alpha value is -2.50. The number of aromatic nitrogens is 1. The molecule has 0 bridgehead atoms. The molecule has 1 heterocycles. The number of aromatic hydroxyl groups is 1. The maximum absolute atomic E-state index is 12.3. The first-order chi connectivity index (χ1) is 12.0. The summed E-state index contributed by atoms with van der Waals surface area (Å²) < 4.78 is 5.11. The van der Waals surface area contributed by atoms with Crippen molar-refractivity contribution in [3.63, 3.8) is 0 Å². The number of anilines is 2. The first-order valence-corrected chi connectivity index (χ1v) is 8.26. The van der Waals surface area contributed by atoms with E-state index in [4.69, 9.17) is 27.9 Å².